The number of β-amino-alcohol motifs (C(OH)–C–C–N with tert-alkyl or cyclic N) is 1. The van der Waals surface area contributed by atoms with Crippen molar-refractivity contribution in [2.24, 2.45) is 10.4 Å². The monoisotopic (exact) mass is 914 g/mol. The number of carboxylic acid groups (broad SMARTS) is 1. The molecule has 17 heteroatoms. The molecule has 3 aromatic heterocycles. The highest BCUT2D eigenvalue weighted by molar-refractivity contribution is 7.15. The van der Waals surface area contributed by atoms with Crippen molar-refractivity contribution in [1.29, 1.82) is 0 Å². The van der Waals surface area contributed by atoms with Gasteiger partial charge in [0.25, 0.3) is 5.91 Å². The number of aliphatic carboxylic acids is 1. The van der Waals surface area contributed by atoms with Gasteiger partial charge >= 0.3 is 5.97 Å². The summed E-state index contributed by atoms with van der Waals surface area (Å²) in [7, 11) is 0. The molecule has 5 heterocycles. The molecule has 0 radical (unpaired) electrons. The molecule has 5 N–H and O–H groups in total. The Kier molecular flexibility index (Phi) is 12.7. The predicted octanol–water partition coefficient (Wildman–Crippen LogP) is 6.33. The van der Waals surface area contributed by atoms with E-state index < -0.39 is 53.3 Å². The van der Waals surface area contributed by atoms with Gasteiger partial charge in [0, 0.05) is 41.1 Å². The number of nitrogens with zero attached hydrogens (tertiary/aromatic N) is 6. The van der Waals surface area contributed by atoms with Gasteiger partial charge in [-0.05, 0) is 66.1 Å². The van der Waals surface area contributed by atoms with Gasteiger partial charge in [-0.3, -0.25) is 28.7 Å². The molecule has 0 unspecified atom stereocenters. The summed E-state index contributed by atoms with van der Waals surface area (Å²) in [5, 5.41) is 45.4. The molecule has 0 aliphatic carbocycles. The maximum absolute atomic E-state index is 14.3. The van der Waals surface area contributed by atoms with Gasteiger partial charge in [-0.15, -0.1) is 32.9 Å². The number of aromatic nitrogens is 4. The number of aliphatic imine (C=N–C) groups is 1. The van der Waals surface area contributed by atoms with Gasteiger partial charge in [-0.1, -0.05) is 81.4 Å². The van der Waals surface area contributed by atoms with Crippen LogP contribution in [-0.4, -0.2) is 94.1 Å². The number of fused-ring (bicyclic) bond motifs is 3. The number of likely N-dealkylation sites (tertiary alicyclic amines) is 1. The van der Waals surface area contributed by atoms with E-state index in [1.807, 2.05) is 107 Å². The van der Waals surface area contributed by atoms with Gasteiger partial charge in [-0.25, -0.2) is 4.98 Å². The second kappa shape index (κ2) is 18.2. The van der Waals surface area contributed by atoms with Crippen molar-refractivity contribution in [2.45, 2.75) is 91.8 Å². The summed E-state index contributed by atoms with van der Waals surface area (Å²) in [5.74, 6) is -1.16. The summed E-state index contributed by atoms with van der Waals surface area (Å²) in [6, 6.07) is 19.8. The highest BCUT2D eigenvalue weighted by atomic mass is 32.1. The number of aryl methyl sites for hydroxylation is 2. The van der Waals surface area contributed by atoms with E-state index in [4.69, 9.17) is 4.99 Å². The smallest absolute Gasteiger partial charge is 0.306 e. The van der Waals surface area contributed by atoms with Crippen molar-refractivity contribution in [3.63, 3.8) is 0 Å². The molecular weight excluding hydrogens is 865 g/mol. The number of thiophene rings is 1. The minimum absolute atomic E-state index is 0.0459. The highest BCUT2D eigenvalue weighted by Crippen LogP contribution is 2.40. The van der Waals surface area contributed by atoms with E-state index in [1.54, 1.807) is 29.0 Å². The Morgan fingerprint density at radius 2 is 1.54 bits per heavy atom. The molecule has 8 rings (SSSR count). The number of amides is 3. The van der Waals surface area contributed by atoms with Gasteiger partial charge in [0.2, 0.25) is 11.8 Å². The summed E-state index contributed by atoms with van der Waals surface area (Å²) < 4.78 is 1.92. The summed E-state index contributed by atoms with van der Waals surface area (Å²) in [4.78, 5) is 66.2. The minimum atomic E-state index is -1.01. The molecule has 336 valence electrons. The molecule has 1 saturated heterocycles. The third-order valence-electron chi connectivity index (χ3n) is 12.0. The fourth-order valence-electron chi connectivity index (χ4n) is 8.36. The van der Waals surface area contributed by atoms with E-state index in [1.165, 1.54) is 16.2 Å². The van der Waals surface area contributed by atoms with Gasteiger partial charge in [0.15, 0.2) is 5.82 Å². The van der Waals surface area contributed by atoms with Gasteiger partial charge in [0.05, 0.1) is 40.9 Å². The minimum Gasteiger partial charge on any atom is -0.481 e. The first-order valence-corrected chi connectivity index (χ1v) is 22.9. The first-order valence-electron chi connectivity index (χ1n) is 21.2. The van der Waals surface area contributed by atoms with E-state index in [-0.39, 0.29) is 32.5 Å². The Bertz CT molecular complexity index is 2800. The molecule has 65 heavy (non-hydrogen) atoms. The van der Waals surface area contributed by atoms with Crippen LogP contribution in [0.3, 0.4) is 0 Å². The number of rotatable bonds is 12. The standard InChI is InChI=1S/C48H50N8O7S2/c1-25-26(2)65-47-39(25)40(51-35(20-38(59)60)43-54-53-27(3)56(43)47)31-15-11-29(12-16-31)30-13-17-33(18-14-30)44(61)52-42(48(4,5)6)46(63)55-22-34(58)19-37(55)45(62)49-21-28-7-9-32(10-8-28)41-36(23-57)50-24-64-41/h7-18,24,34-35,37,42,57-58H,19-23H2,1-6H3,(H,49,62)(H,52,61)(H,59,60)/t34-,35+,37+,42-/m1/s1. The van der Waals surface area contributed by atoms with Crippen molar-refractivity contribution < 1.29 is 34.5 Å². The highest BCUT2D eigenvalue weighted by Gasteiger charge is 2.44. The zero-order chi connectivity index (χ0) is 46.3. The van der Waals surface area contributed by atoms with E-state index in [9.17, 15) is 34.5 Å². The van der Waals surface area contributed by atoms with Gasteiger partial charge < -0.3 is 30.9 Å². The number of aliphatic hydroxyl groups is 2. The van der Waals surface area contributed by atoms with Crippen molar-refractivity contribution in [3.05, 3.63) is 128 Å². The number of aliphatic hydroxyl groups excluding tert-OH is 2. The maximum atomic E-state index is 14.3. The van der Waals surface area contributed by atoms with Crippen LogP contribution >= 0.6 is 22.7 Å². The Hall–Kier alpha value is -6.40. The van der Waals surface area contributed by atoms with Crippen LogP contribution in [0.4, 0.5) is 0 Å². The second-order valence-electron chi connectivity index (χ2n) is 17.5. The molecule has 6 aromatic rings. The van der Waals surface area contributed by atoms with E-state index in [0.29, 0.717) is 28.6 Å². The first kappa shape index (κ1) is 45.2. The van der Waals surface area contributed by atoms with Crippen LogP contribution in [0.1, 0.15) is 94.5 Å². The Balaban J connectivity index is 0.950. The zero-order valence-corrected chi connectivity index (χ0v) is 38.5. The lowest BCUT2D eigenvalue weighted by molar-refractivity contribution is -0.142. The number of nitrogens with one attached hydrogen (secondary N) is 2. The fraction of sp³-hybridized carbons (Fsp3) is 0.333. The number of hydrogen-bond donors (Lipinski definition) is 5. The van der Waals surface area contributed by atoms with E-state index >= 15 is 0 Å². The van der Waals surface area contributed by atoms with Crippen molar-refractivity contribution in [1.82, 2.24) is 35.3 Å². The number of thiazole rings is 1. The third kappa shape index (κ3) is 9.14. The summed E-state index contributed by atoms with van der Waals surface area (Å²) >= 11 is 3.03. The van der Waals surface area contributed by atoms with Crippen molar-refractivity contribution in [2.75, 3.05) is 6.54 Å². The van der Waals surface area contributed by atoms with Crippen LogP contribution < -0.4 is 10.6 Å². The summed E-state index contributed by atoms with van der Waals surface area (Å²) in [6.07, 6.45) is -1.08. The quantitative estimate of drug-likeness (QED) is 0.0921. The van der Waals surface area contributed by atoms with Crippen LogP contribution in [0.2, 0.25) is 0 Å². The number of hydrogen-bond acceptors (Lipinski definition) is 12. The number of carboxylic acids is 1. The molecule has 15 nitrogen and oxygen atoms in total. The van der Waals surface area contributed by atoms with Gasteiger partial charge in [0.1, 0.15) is 29.0 Å². The zero-order valence-electron chi connectivity index (χ0n) is 36.8. The largest absolute Gasteiger partial charge is 0.481 e. The van der Waals surface area contributed by atoms with Crippen LogP contribution in [0.15, 0.2) is 83.3 Å². The van der Waals surface area contributed by atoms with Crippen LogP contribution in [0.5, 0.6) is 0 Å². The molecule has 3 amide bonds. The topological polar surface area (TPSA) is 212 Å². The molecule has 4 atom stereocenters. The lowest BCUT2D eigenvalue weighted by atomic mass is 9.85. The molecule has 1 fully saturated rings. The number of carbonyl (C=O) groups excluding carboxylic acids is 3. The Morgan fingerprint density at radius 1 is 0.892 bits per heavy atom. The molecule has 2 aliphatic heterocycles. The second-order valence-corrected chi connectivity index (χ2v) is 19.6. The van der Waals surface area contributed by atoms with Crippen LogP contribution in [-0.2, 0) is 27.5 Å². The van der Waals surface area contributed by atoms with E-state index in [0.717, 1.165) is 53.7 Å². The lowest BCUT2D eigenvalue weighted by Crippen LogP contribution is -2.57. The Morgan fingerprint density at radius 3 is 2.18 bits per heavy atom. The molecule has 2 aliphatic rings. The molecular formula is C48H50N8O7S2. The summed E-state index contributed by atoms with van der Waals surface area (Å²) in [6.45, 7) is 11.5. The van der Waals surface area contributed by atoms with Crippen molar-refractivity contribution in [3.8, 4) is 26.6 Å². The fourth-order valence-corrected chi connectivity index (χ4v) is 10.4. The molecule has 3 aromatic carbocycles. The normalized spacial score (nSPS) is 17.4. The van der Waals surface area contributed by atoms with Crippen LogP contribution in [0.25, 0.3) is 26.6 Å². The average molecular weight is 915 g/mol. The Labute approximate surface area is 383 Å². The molecule has 0 saturated carbocycles. The number of carbonyl (C=O) groups is 4. The average Bonchev–Trinajstić information content (AvgIpc) is 4.07. The SMILES string of the molecule is Cc1sc2c(c1C)C(c1ccc(-c3ccc(C(=O)N[C@H](C(=O)N4C[C@H](O)C[C@H]4C(=O)NCc4ccc(-c5scnc5CO)cc4)C(C)(C)C)cc3)cc1)=N[C@@H](CC(=O)O)c1nnc(C)n1-2. The summed E-state index contributed by atoms with van der Waals surface area (Å²) in [5.41, 5.74) is 8.82. The third-order valence-corrected chi connectivity index (χ3v) is 14.1. The molecule has 0 spiro atoms. The number of benzene rings is 3. The first-order chi connectivity index (χ1) is 31.0. The predicted molar refractivity (Wildman–Crippen MR) is 248 cm³/mol. The molecule has 0 bridgehead atoms. The maximum Gasteiger partial charge on any atom is 0.306 e. The lowest BCUT2D eigenvalue weighted by Gasteiger charge is -2.35. The van der Waals surface area contributed by atoms with Gasteiger partial charge in [-0.2, -0.15) is 0 Å². The van der Waals surface area contributed by atoms with Crippen LogP contribution in [0, 0.1) is 26.2 Å². The van der Waals surface area contributed by atoms with E-state index in [2.05, 4.69) is 25.8 Å². The van der Waals surface area contributed by atoms with Crippen molar-refractivity contribution >= 4 is 52.1 Å².